The Morgan fingerprint density at radius 1 is 1.29 bits per heavy atom. The zero-order valence-electron chi connectivity index (χ0n) is 8.66. The van der Waals surface area contributed by atoms with E-state index in [2.05, 4.69) is 0 Å². The quantitative estimate of drug-likeness (QED) is 0.681. The molecule has 2 rings (SSSR count). The van der Waals surface area contributed by atoms with Gasteiger partial charge in [0.1, 0.15) is 17.1 Å². The number of fused-ring (bicyclic) bond motifs is 1. The Morgan fingerprint density at radius 2 is 2.00 bits per heavy atom. The minimum atomic E-state index is -0.255. The lowest BCUT2D eigenvalue weighted by Gasteiger charge is -2.29. The van der Waals surface area contributed by atoms with Gasteiger partial charge in [-0.2, -0.15) is 0 Å². The SMILES string of the molecule is Cc1cc(O)cc2c1OC(C)(C)C=C2. The Morgan fingerprint density at radius 3 is 2.71 bits per heavy atom. The summed E-state index contributed by atoms with van der Waals surface area (Å²) in [6, 6.07) is 3.43. The molecule has 0 spiro atoms. The van der Waals surface area contributed by atoms with Crippen LogP contribution in [0, 0.1) is 6.92 Å². The summed E-state index contributed by atoms with van der Waals surface area (Å²) in [5.41, 5.74) is 1.66. The molecule has 0 aliphatic carbocycles. The van der Waals surface area contributed by atoms with Crippen molar-refractivity contribution in [2.45, 2.75) is 26.4 Å². The first-order valence-electron chi connectivity index (χ1n) is 4.70. The van der Waals surface area contributed by atoms with E-state index in [4.69, 9.17) is 4.74 Å². The van der Waals surface area contributed by atoms with Gasteiger partial charge in [0.2, 0.25) is 0 Å². The van der Waals surface area contributed by atoms with E-state index in [1.807, 2.05) is 32.9 Å². The van der Waals surface area contributed by atoms with Gasteiger partial charge in [0.25, 0.3) is 0 Å². The number of phenols is 1. The molecule has 1 aromatic rings. The summed E-state index contributed by atoms with van der Waals surface area (Å²) in [6.07, 6.45) is 3.99. The summed E-state index contributed by atoms with van der Waals surface area (Å²) in [5.74, 6) is 1.16. The maximum absolute atomic E-state index is 9.41. The van der Waals surface area contributed by atoms with Crippen molar-refractivity contribution in [3.8, 4) is 11.5 Å². The number of ether oxygens (including phenoxy) is 1. The zero-order valence-corrected chi connectivity index (χ0v) is 8.66. The van der Waals surface area contributed by atoms with E-state index in [0.717, 1.165) is 16.9 Å². The van der Waals surface area contributed by atoms with Crippen LogP contribution in [0.5, 0.6) is 11.5 Å². The third-order valence-electron chi connectivity index (χ3n) is 2.32. The minimum absolute atomic E-state index is 0.255. The molecule has 0 radical (unpaired) electrons. The van der Waals surface area contributed by atoms with E-state index >= 15 is 0 Å². The van der Waals surface area contributed by atoms with Gasteiger partial charge in [-0.05, 0) is 44.5 Å². The molecule has 14 heavy (non-hydrogen) atoms. The van der Waals surface area contributed by atoms with E-state index in [-0.39, 0.29) is 11.4 Å². The van der Waals surface area contributed by atoms with Gasteiger partial charge in [-0.15, -0.1) is 0 Å². The van der Waals surface area contributed by atoms with Crippen LogP contribution in [0.2, 0.25) is 0 Å². The number of aryl methyl sites for hydroxylation is 1. The fraction of sp³-hybridized carbons (Fsp3) is 0.333. The summed E-state index contributed by atoms with van der Waals surface area (Å²) in [5, 5.41) is 9.41. The minimum Gasteiger partial charge on any atom is -0.508 e. The monoisotopic (exact) mass is 190 g/mol. The molecule has 2 nitrogen and oxygen atoms in total. The molecule has 0 saturated carbocycles. The second-order valence-electron chi connectivity index (χ2n) is 4.22. The molecule has 0 fully saturated rings. The van der Waals surface area contributed by atoms with Crippen LogP contribution < -0.4 is 4.74 Å². The highest BCUT2D eigenvalue weighted by Crippen LogP contribution is 2.36. The number of aromatic hydroxyl groups is 1. The Balaban J connectivity index is 2.56. The van der Waals surface area contributed by atoms with Crippen molar-refractivity contribution < 1.29 is 9.84 Å². The van der Waals surface area contributed by atoms with E-state index in [1.165, 1.54) is 0 Å². The number of benzene rings is 1. The number of rotatable bonds is 0. The van der Waals surface area contributed by atoms with Crippen LogP contribution >= 0.6 is 0 Å². The van der Waals surface area contributed by atoms with E-state index < -0.39 is 0 Å². The van der Waals surface area contributed by atoms with Crippen LogP contribution in [0.4, 0.5) is 0 Å². The molecule has 0 atom stereocenters. The second-order valence-corrected chi connectivity index (χ2v) is 4.22. The summed E-state index contributed by atoms with van der Waals surface area (Å²) >= 11 is 0. The van der Waals surface area contributed by atoms with Crippen LogP contribution in [0.15, 0.2) is 18.2 Å². The molecule has 74 valence electrons. The van der Waals surface area contributed by atoms with Crippen molar-refractivity contribution >= 4 is 6.08 Å². The molecule has 1 aliphatic rings. The van der Waals surface area contributed by atoms with Gasteiger partial charge in [-0.3, -0.25) is 0 Å². The highest BCUT2D eigenvalue weighted by molar-refractivity contribution is 5.65. The molecule has 1 aromatic carbocycles. The van der Waals surface area contributed by atoms with Gasteiger partial charge in [0, 0.05) is 5.56 Å². The molecular formula is C12H14O2. The number of hydrogen-bond donors (Lipinski definition) is 1. The topological polar surface area (TPSA) is 29.5 Å². The number of hydrogen-bond acceptors (Lipinski definition) is 2. The van der Waals surface area contributed by atoms with Gasteiger partial charge in [0.15, 0.2) is 0 Å². The van der Waals surface area contributed by atoms with Crippen molar-refractivity contribution in [3.63, 3.8) is 0 Å². The highest BCUT2D eigenvalue weighted by atomic mass is 16.5. The van der Waals surface area contributed by atoms with Gasteiger partial charge >= 0.3 is 0 Å². The molecule has 0 aromatic heterocycles. The van der Waals surface area contributed by atoms with Crippen molar-refractivity contribution in [2.24, 2.45) is 0 Å². The molecule has 0 unspecified atom stereocenters. The summed E-state index contributed by atoms with van der Waals surface area (Å²) in [7, 11) is 0. The largest absolute Gasteiger partial charge is 0.508 e. The molecule has 2 heteroatoms. The predicted octanol–water partition coefficient (Wildman–Crippen LogP) is 2.88. The first-order valence-corrected chi connectivity index (χ1v) is 4.70. The smallest absolute Gasteiger partial charge is 0.130 e. The number of phenolic OH excluding ortho intramolecular Hbond substituents is 1. The Labute approximate surface area is 83.8 Å². The molecule has 1 aliphatic heterocycles. The van der Waals surface area contributed by atoms with Crippen LogP contribution in [0.1, 0.15) is 25.0 Å². The van der Waals surface area contributed by atoms with E-state index in [1.54, 1.807) is 12.1 Å². The lowest BCUT2D eigenvalue weighted by Crippen LogP contribution is -2.27. The second kappa shape index (κ2) is 2.77. The first-order chi connectivity index (χ1) is 6.48. The summed E-state index contributed by atoms with van der Waals surface area (Å²) in [4.78, 5) is 0. The molecule has 1 heterocycles. The fourth-order valence-electron chi connectivity index (χ4n) is 1.63. The molecule has 0 bridgehead atoms. The fourth-order valence-corrected chi connectivity index (χ4v) is 1.63. The zero-order chi connectivity index (χ0) is 10.3. The third-order valence-corrected chi connectivity index (χ3v) is 2.32. The normalized spacial score (nSPS) is 17.4. The van der Waals surface area contributed by atoms with Gasteiger partial charge in [0.05, 0.1) is 0 Å². The van der Waals surface area contributed by atoms with Crippen molar-refractivity contribution in [1.29, 1.82) is 0 Å². The van der Waals surface area contributed by atoms with Crippen molar-refractivity contribution in [3.05, 3.63) is 29.3 Å². The highest BCUT2D eigenvalue weighted by Gasteiger charge is 2.23. The first kappa shape index (κ1) is 9.13. The van der Waals surface area contributed by atoms with Crippen LogP contribution in [0.3, 0.4) is 0 Å². The Kier molecular flexibility index (Phi) is 1.81. The lowest BCUT2D eigenvalue weighted by atomic mass is 10.00. The van der Waals surface area contributed by atoms with Crippen molar-refractivity contribution in [1.82, 2.24) is 0 Å². The van der Waals surface area contributed by atoms with Crippen LogP contribution in [-0.4, -0.2) is 10.7 Å². The van der Waals surface area contributed by atoms with Gasteiger partial charge in [-0.25, -0.2) is 0 Å². The average molecular weight is 190 g/mol. The summed E-state index contributed by atoms with van der Waals surface area (Å²) < 4.78 is 5.81. The predicted molar refractivity (Wildman–Crippen MR) is 56.6 cm³/mol. The van der Waals surface area contributed by atoms with Crippen LogP contribution in [0.25, 0.3) is 6.08 Å². The van der Waals surface area contributed by atoms with E-state index in [0.29, 0.717) is 0 Å². The van der Waals surface area contributed by atoms with Gasteiger partial charge in [-0.1, -0.05) is 6.08 Å². The lowest BCUT2D eigenvalue weighted by molar-refractivity contribution is 0.157. The average Bonchev–Trinajstić information content (AvgIpc) is 2.06. The Hall–Kier alpha value is -1.44. The maximum atomic E-state index is 9.41. The molecule has 0 amide bonds. The van der Waals surface area contributed by atoms with Crippen LogP contribution in [-0.2, 0) is 0 Å². The molecular weight excluding hydrogens is 176 g/mol. The molecule has 1 N–H and O–H groups in total. The van der Waals surface area contributed by atoms with Gasteiger partial charge < -0.3 is 9.84 Å². The Bertz CT molecular complexity index is 403. The maximum Gasteiger partial charge on any atom is 0.130 e. The standard InChI is InChI=1S/C12H14O2/c1-8-6-10(13)7-9-4-5-12(2,3)14-11(8)9/h4-7,13H,1-3H3. The molecule has 0 saturated heterocycles. The van der Waals surface area contributed by atoms with E-state index in [9.17, 15) is 5.11 Å². The summed E-state index contributed by atoms with van der Waals surface area (Å²) in [6.45, 7) is 5.96. The van der Waals surface area contributed by atoms with Crippen molar-refractivity contribution in [2.75, 3.05) is 0 Å². The third kappa shape index (κ3) is 1.48.